The predicted molar refractivity (Wildman–Crippen MR) is 163 cm³/mol. The molecule has 0 saturated heterocycles. The number of carbonyl (C=O) groups is 1. The number of hydrogen-bond acceptors (Lipinski definition) is 6. The van der Waals surface area contributed by atoms with Gasteiger partial charge in [0.1, 0.15) is 5.75 Å². The number of azide groups is 1. The Morgan fingerprint density at radius 2 is 1.86 bits per heavy atom. The van der Waals surface area contributed by atoms with E-state index in [1.165, 1.54) is 5.56 Å². The molecule has 1 aliphatic heterocycles. The van der Waals surface area contributed by atoms with E-state index in [2.05, 4.69) is 34.1 Å². The lowest BCUT2D eigenvalue weighted by Gasteiger charge is -2.30. The van der Waals surface area contributed by atoms with Crippen molar-refractivity contribution in [2.24, 2.45) is 10.1 Å². The van der Waals surface area contributed by atoms with Crippen molar-refractivity contribution in [3.05, 3.63) is 124 Å². The number of nitrogens with one attached hydrogen (secondary N) is 1. The van der Waals surface area contributed by atoms with Crippen LogP contribution in [0.25, 0.3) is 10.4 Å². The molecule has 2 N–H and O–H groups in total. The molecule has 0 unspecified atom stereocenters. The van der Waals surface area contributed by atoms with E-state index in [1.54, 1.807) is 6.08 Å². The van der Waals surface area contributed by atoms with E-state index in [1.807, 2.05) is 66.7 Å². The quantitative estimate of drug-likeness (QED) is 0.0699. The highest BCUT2D eigenvalue weighted by Crippen LogP contribution is 2.44. The Hall–Kier alpha value is -4.59. The van der Waals surface area contributed by atoms with E-state index < -0.39 is 11.6 Å². The van der Waals surface area contributed by atoms with Crippen molar-refractivity contribution in [3.8, 4) is 5.75 Å². The summed E-state index contributed by atoms with van der Waals surface area (Å²) in [5.74, 6) is 0.749. The van der Waals surface area contributed by atoms with Crippen molar-refractivity contribution in [2.45, 2.75) is 50.3 Å². The summed E-state index contributed by atoms with van der Waals surface area (Å²) in [5.41, 5.74) is 11.1. The third-order valence-electron chi connectivity index (χ3n) is 7.15. The van der Waals surface area contributed by atoms with E-state index >= 15 is 0 Å². The average Bonchev–Trinajstić information content (AvgIpc) is 3.41. The van der Waals surface area contributed by atoms with Crippen molar-refractivity contribution in [2.75, 3.05) is 19.8 Å². The van der Waals surface area contributed by atoms with Crippen LogP contribution in [0.1, 0.15) is 54.0 Å². The minimum atomic E-state index is -1.31. The number of aliphatic hydroxyl groups excluding tert-OH is 1. The number of aryl methyl sites for hydroxylation is 1. The molecule has 0 fully saturated rings. The molecule has 0 aromatic heterocycles. The van der Waals surface area contributed by atoms with Gasteiger partial charge in [-0.1, -0.05) is 65.8 Å². The number of rotatable bonds is 16. The molecule has 3 aromatic carbocycles. The number of aliphatic imine (C=N–C) groups is 1. The maximum absolute atomic E-state index is 14.0. The molecule has 9 heteroatoms. The molecule has 1 aliphatic rings. The van der Waals surface area contributed by atoms with Crippen LogP contribution in [0.15, 0.2) is 102 Å². The Bertz CT molecular complexity index is 1400. The number of hydrogen-bond donors (Lipinski definition) is 2. The highest BCUT2D eigenvalue weighted by Gasteiger charge is 2.52. The first kappa shape index (κ1) is 30.4. The minimum Gasteiger partial charge on any atom is -0.494 e. The van der Waals surface area contributed by atoms with E-state index in [4.69, 9.17) is 25.1 Å². The molecule has 1 amide bonds. The fourth-order valence-electron chi connectivity index (χ4n) is 5.01. The summed E-state index contributed by atoms with van der Waals surface area (Å²) in [4.78, 5) is 21.9. The predicted octanol–water partition coefficient (Wildman–Crippen LogP) is 6.23. The zero-order valence-corrected chi connectivity index (χ0v) is 23.7. The summed E-state index contributed by atoms with van der Waals surface area (Å²) in [5, 5.41) is 15.9. The molecular weight excluding hydrogens is 530 g/mol. The van der Waals surface area contributed by atoms with Crippen molar-refractivity contribution in [1.82, 2.24) is 5.32 Å². The molecule has 3 aromatic rings. The lowest BCUT2D eigenvalue weighted by molar-refractivity contribution is -0.128. The number of aliphatic hydroxyl groups is 1. The lowest BCUT2D eigenvalue weighted by atomic mass is 9.82. The molecule has 0 aliphatic carbocycles. The van der Waals surface area contributed by atoms with Crippen molar-refractivity contribution < 1.29 is 19.4 Å². The number of ether oxygens (including phenoxy) is 2. The Labute approximate surface area is 246 Å². The molecule has 9 nitrogen and oxygen atoms in total. The van der Waals surface area contributed by atoms with Crippen LogP contribution in [0, 0.1) is 0 Å². The molecule has 0 radical (unpaired) electrons. The normalized spacial score (nSPS) is 17.5. The highest BCUT2D eigenvalue weighted by molar-refractivity contribution is 6.01. The molecule has 42 heavy (non-hydrogen) atoms. The summed E-state index contributed by atoms with van der Waals surface area (Å²) in [7, 11) is 0. The summed E-state index contributed by atoms with van der Waals surface area (Å²) in [6, 6.07) is 25.0. The monoisotopic (exact) mass is 567 g/mol. The average molecular weight is 568 g/mol. The van der Waals surface area contributed by atoms with Crippen LogP contribution < -0.4 is 10.1 Å². The summed E-state index contributed by atoms with van der Waals surface area (Å²) < 4.78 is 12.2. The van der Waals surface area contributed by atoms with Crippen LogP contribution in [-0.2, 0) is 22.5 Å². The standard InChI is InChI=1S/C33H37N5O4/c1-2-20-33(32(40)35-21-9-8-13-25-11-4-3-5-12-25)30(29-15-7-6-14-27(29)24-36-38-34)42-31(37-33)26-16-18-28(19-17-26)41-23-10-22-39/h2-7,11-12,14-19,30,39H,1,8-10,13,20-24H2,(H,35,40)/t30-,33-/m1/s1. The maximum Gasteiger partial charge on any atom is 0.252 e. The molecule has 0 bridgehead atoms. The molecule has 0 saturated carbocycles. The molecule has 2 atom stereocenters. The SMILES string of the molecule is C=CC[C@@]1(C(=O)NCCCCc2ccccc2)N=C(c2ccc(OCCCO)cc2)O[C@@H]1c1ccccc1CN=[N+]=[N-]. The third-order valence-corrected chi connectivity index (χ3v) is 7.15. The second-order valence-electron chi connectivity index (χ2n) is 10.1. The van der Waals surface area contributed by atoms with Gasteiger partial charge < -0.3 is 19.9 Å². The topological polar surface area (TPSA) is 129 Å². The van der Waals surface area contributed by atoms with Gasteiger partial charge in [0.15, 0.2) is 11.6 Å². The van der Waals surface area contributed by atoms with Gasteiger partial charge in [0, 0.05) is 36.5 Å². The largest absolute Gasteiger partial charge is 0.494 e. The zero-order valence-electron chi connectivity index (χ0n) is 23.7. The van der Waals surface area contributed by atoms with Gasteiger partial charge in [-0.25, -0.2) is 4.99 Å². The second-order valence-corrected chi connectivity index (χ2v) is 10.1. The number of benzene rings is 3. The van der Waals surface area contributed by atoms with Crippen LogP contribution in [0.4, 0.5) is 0 Å². The molecule has 218 valence electrons. The number of carbonyl (C=O) groups excluding carboxylic acids is 1. The van der Waals surface area contributed by atoms with Gasteiger partial charge in [0.2, 0.25) is 5.90 Å². The number of amides is 1. The zero-order chi connectivity index (χ0) is 29.6. The first-order chi connectivity index (χ1) is 20.6. The van der Waals surface area contributed by atoms with Crippen LogP contribution in [0.5, 0.6) is 5.75 Å². The number of nitrogens with zero attached hydrogens (tertiary/aromatic N) is 4. The number of unbranched alkanes of at least 4 members (excludes halogenated alkanes) is 1. The van der Waals surface area contributed by atoms with Gasteiger partial charge in [-0.15, -0.1) is 6.58 Å². The van der Waals surface area contributed by atoms with Gasteiger partial charge in [-0.2, -0.15) is 0 Å². The van der Waals surface area contributed by atoms with E-state index in [0.717, 1.165) is 30.4 Å². The van der Waals surface area contributed by atoms with E-state index in [9.17, 15) is 4.79 Å². The van der Waals surface area contributed by atoms with Crippen LogP contribution >= 0.6 is 0 Å². The fraction of sp³-hybridized carbons (Fsp3) is 0.333. The maximum atomic E-state index is 14.0. The van der Waals surface area contributed by atoms with E-state index in [0.29, 0.717) is 36.8 Å². The fourth-order valence-corrected chi connectivity index (χ4v) is 5.01. The van der Waals surface area contributed by atoms with Gasteiger partial charge in [0.25, 0.3) is 5.91 Å². The third kappa shape index (κ3) is 7.57. The molecule has 4 rings (SSSR count). The Balaban J connectivity index is 1.60. The Kier molecular flexibility index (Phi) is 11.2. The van der Waals surface area contributed by atoms with Crippen molar-refractivity contribution in [1.29, 1.82) is 0 Å². The Morgan fingerprint density at radius 1 is 1.10 bits per heavy atom. The first-order valence-electron chi connectivity index (χ1n) is 14.2. The van der Waals surface area contributed by atoms with Crippen molar-refractivity contribution in [3.63, 3.8) is 0 Å². The van der Waals surface area contributed by atoms with Gasteiger partial charge in [-0.3, -0.25) is 4.79 Å². The summed E-state index contributed by atoms with van der Waals surface area (Å²) in [6.07, 6.45) is 4.41. The minimum absolute atomic E-state index is 0.0613. The lowest BCUT2D eigenvalue weighted by Crippen LogP contribution is -2.48. The Morgan fingerprint density at radius 3 is 2.60 bits per heavy atom. The van der Waals surface area contributed by atoms with Gasteiger partial charge in [0.05, 0.1) is 13.2 Å². The van der Waals surface area contributed by atoms with Crippen LogP contribution in [0.3, 0.4) is 0 Å². The summed E-state index contributed by atoms with van der Waals surface area (Å²) in [6.45, 7) is 5.02. The van der Waals surface area contributed by atoms with Crippen LogP contribution in [-0.4, -0.2) is 42.2 Å². The van der Waals surface area contributed by atoms with E-state index in [-0.39, 0.29) is 25.5 Å². The first-order valence-corrected chi connectivity index (χ1v) is 14.2. The second kappa shape index (κ2) is 15.4. The van der Waals surface area contributed by atoms with Gasteiger partial charge in [-0.05, 0) is 65.7 Å². The molecular formula is C33H37N5O4. The van der Waals surface area contributed by atoms with Gasteiger partial charge >= 0.3 is 0 Å². The summed E-state index contributed by atoms with van der Waals surface area (Å²) >= 11 is 0. The highest BCUT2D eigenvalue weighted by atomic mass is 16.5. The molecule has 0 spiro atoms. The smallest absolute Gasteiger partial charge is 0.252 e. The van der Waals surface area contributed by atoms with Crippen molar-refractivity contribution >= 4 is 11.8 Å². The molecule has 1 heterocycles. The van der Waals surface area contributed by atoms with Crippen LogP contribution in [0.2, 0.25) is 0 Å².